The van der Waals surface area contributed by atoms with Crippen molar-refractivity contribution < 1.29 is 9.15 Å². The first-order valence-electron chi connectivity index (χ1n) is 11.0. The highest BCUT2D eigenvalue weighted by molar-refractivity contribution is 7.98. The number of thioether (sulfide) groups is 1. The summed E-state index contributed by atoms with van der Waals surface area (Å²) in [6, 6.07) is 10.0. The van der Waals surface area contributed by atoms with Crippen LogP contribution in [0.15, 0.2) is 50.1 Å². The van der Waals surface area contributed by atoms with Crippen molar-refractivity contribution in [3.05, 3.63) is 62.8 Å². The molecule has 2 aliphatic rings. The number of aryl methyl sites for hydroxylation is 2. The number of ether oxygens (including phenoxy) is 1. The summed E-state index contributed by atoms with van der Waals surface area (Å²) in [5, 5.41) is 13.0. The topological polar surface area (TPSA) is 70.2 Å². The smallest absolute Gasteiger partial charge is 0.336 e. The van der Waals surface area contributed by atoms with Gasteiger partial charge in [0, 0.05) is 23.8 Å². The third-order valence-corrected chi connectivity index (χ3v) is 8.15. The number of hydrogen-bond donors (Lipinski definition) is 0. The summed E-state index contributed by atoms with van der Waals surface area (Å²) in [4.78, 5) is 13.3. The average molecular weight is 466 g/mol. The molecule has 1 saturated heterocycles. The van der Waals surface area contributed by atoms with Gasteiger partial charge in [-0.05, 0) is 72.4 Å². The fourth-order valence-electron chi connectivity index (χ4n) is 4.70. The van der Waals surface area contributed by atoms with Crippen molar-refractivity contribution in [3.8, 4) is 10.7 Å². The molecule has 0 N–H and O–H groups in total. The van der Waals surface area contributed by atoms with Crippen LogP contribution in [0.5, 0.6) is 0 Å². The van der Waals surface area contributed by atoms with Gasteiger partial charge in [-0.15, -0.1) is 21.5 Å². The quantitative estimate of drug-likeness (QED) is 0.292. The van der Waals surface area contributed by atoms with Crippen molar-refractivity contribution >= 4 is 34.1 Å². The Labute approximate surface area is 193 Å². The minimum absolute atomic E-state index is 0.191. The van der Waals surface area contributed by atoms with E-state index in [1.54, 1.807) is 29.2 Å². The number of hydrogen-bond acceptors (Lipinski definition) is 7. The molecule has 0 bridgehead atoms. The molecule has 1 fully saturated rings. The minimum Gasteiger partial charge on any atom is -0.423 e. The molecule has 0 spiro atoms. The first-order chi connectivity index (χ1) is 15.7. The number of nitrogens with zero attached hydrogens (tertiary/aromatic N) is 3. The fourth-order valence-corrected chi connectivity index (χ4v) is 6.35. The average Bonchev–Trinajstić information content (AvgIpc) is 3.58. The van der Waals surface area contributed by atoms with Gasteiger partial charge in [0.2, 0.25) is 0 Å². The number of benzene rings is 1. The van der Waals surface area contributed by atoms with Crippen LogP contribution < -0.4 is 5.63 Å². The van der Waals surface area contributed by atoms with E-state index in [0.29, 0.717) is 11.3 Å². The maximum Gasteiger partial charge on any atom is 0.336 e. The highest BCUT2D eigenvalue weighted by Gasteiger charge is 2.23. The lowest BCUT2D eigenvalue weighted by atomic mass is 10.0. The van der Waals surface area contributed by atoms with E-state index in [1.165, 1.54) is 11.1 Å². The Bertz CT molecular complexity index is 1320. The highest BCUT2D eigenvalue weighted by Crippen LogP contribution is 2.33. The van der Waals surface area contributed by atoms with Crippen LogP contribution in [0.25, 0.3) is 21.7 Å². The van der Waals surface area contributed by atoms with Gasteiger partial charge < -0.3 is 9.15 Å². The first-order valence-corrected chi connectivity index (χ1v) is 12.9. The molecule has 6 rings (SSSR count). The molecular weight excluding hydrogens is 442 g/mol. The van der Waals surface area contributed by atoms with Crippen LogP contribution in [0.2, 0.25) is 0 Å². The SMILES string of the molecule is O=c1cc(CSc2nnc(-c3cccs3)n2CC2CCCO2)c2cc3c(cc2o1)CCC3. The third kappa shape index (κ3) is 3.80. The van der Waals surface area contributed by atoms with Crippen LogP contribution in [0.1, 0.15) is 36.0 Å². The van der Waals surface area contributed by atoms with E-state index in [2.05, 4.69) is 38.3 Å². The summed E-state index contributed by atoms with van der Waals surface area (Å²) in [5.41, 5.74) is 4.06. The van der Waals surface area contributed by atoms with Gasteiger partial charge in [-0.1, -0.05) is 17.8 Å². The summed E-state index contributed by atoms with van der Waals surface area (Å²) < 4.78 is 13.6. The van der Waals surface area contributed by atoms with Crippen LogP contribution in [0.3, 0.4) is 0 Å². The van der Waals surface area contributed by atoms with Gasteiger partial charge in [-0.2, -0.15) is 0 Å². The van der Waals surface area contributed by atoms with E-state index in [1.807, 2.05) is 6.07 Å². The van der Waals surface area contributed by atoms with E-state index in [9.17, 15) is 4.79 Å². The van der Waals surface area contributed by atoms with Crippen molar-refractivity contribution in [2.24, 2.45) is 0 Å². The van der Waals surface area contributed by atoms with Gasteiger partial charge in [0.1, 0.15) is 5.58 Å². The van der Waals surface area contributed by atoms with Gasteiger partial charge in [0.05, 0.1) is 17.5 Å². The van der Waals surface area contributed by atoms with Gasteiger partial charge in [-0.3, -0.25) is 4.57 Å². The second-order valence-corrected chi connectivity index (χ2v) is 10.3. The second kappa shape index (κ2) is 8.50. The van der Waals surface area contributed by atoms with Gasteiger partial charge in [-0.25, -0.2) is 4.79 Å². The Kier molecular flexibility index (Phi) is 5.37. The predicted molar refractivity (Wildman–Crippen MR) is 126 cm³/mol. The van der Waals surface area contributed by atoms with E-state index in [-0.39, 0.29) is 11.7 Å². The van der Waals surface area contributed by atoms with Crippen molar-refractivity contribution in [1.82, 2.24) is 14.8 Å². The predicted octanol–water partition coefficient (Wildman–Crippen LogP) is 5.07. The number of aromatic nitrogens is 3. The van der Waals surface area contributed by atoms with E-state index in [4.69, 9.17) is 9.15 Å². The highest BCUT2D eigenvalue weighted by atomic mass is 32.2. The molecule has 1 unspecified atom stereocenters. The standard InChI is InChI=1S/C24H23N3O3S2/c28-22-12-17(19-10-15-4-1-5-16(15)11-20(19)30-22)14-32-24-26-25-23(21-7-3-9-31-21)27(24)13-18-6-2-8-29-18/h3,7,9-12,18H,1-2,4-6,8,13-14H2. The molecule has 6 nitrogen and oxygen atoms in total. The molecule has 1 aliphatic carbocycles. The molecule has 4 heterocycles. The van der Waals surface area contributed by atoms with Crippen LogP contribution in [0, 0.1) is 0 Å². The lowest BCUT2D eigenvalue weighted by Crippen LogP contribution is -2.16. The minimum atomic E-state index is -0.300. The second-order valence-electron chi connectivity index (χ2n) is 8.38. The molecule has 0 saturated carbocycles. The number of rotatable bonds is 6. The molecule has 32 heavy (non-hydrogen) atoms. The molecule has 1 atom stereocenters. The van der Waals surface area contributed by atoms with Crippen molar-refractivity contribution in [2.75, 3.05) is 6.61 Å². The lowest BCUT2D eigenvalue weighted by Gasteiger charge is -2.14. The Morgan fingerprint density at radius 3 is 2.88 bits per heavy atom. The molecule has 1 aliphatic heterocycles. The van der Waals surface area contributed by atoms with Crippen LogP contribution in [-0.4, -0.2) is 27.5 Å². The van der Waals surface area contributed by atoms with E-state index in [0.717, 1.165) is 72.1 Å². The summed E-state index contributed by atoms with van der Waals surface area (Å²) in [6.07, 6.45) is 5.67. The summed E-state index contributed by atoms with van der Waals surface area (Å²) in [7, 11) is 0. The zero-order chi connectivity index (χ0) is 21.5. The fraction of sp³-hybridized carbons (Fsp3) is 0.375. The Balaban J connectivity index is 1.33. The van der Waals surface area contributed by atoms with E-state index >= 15 is 0 Å². The zero-order valence-electron chi connectivity index (χ0n) is 17.6. The van der Waals surface area contributed by atoms with Crippen LogP contribution >= 0.6 is 23.1 Å². The molecule has 8 heteroatoms. The van der Waals surface area contributed by atoms with Crippen molar-refractivity contribution in [2.45, 2.75) is 55.7 Å². The summed E-state index contributed by atoms with van der Waals surface area (Å²) >= 11 is 3.28. The Morgan fingerprint density at radius 2 is 2.06 bits per heavy atom. The number of fused-ring (bicyclic) bond motifs is 2. The first kappa shape index (κ1) is 20.2. The molecule has 0 amide bonds. The molecule has 164 valence electrons. The third-order valence-electron chi connectivity index (χ3n) is 6.27. The van der Waals surface area contributed by atoms with E-state index < -0.39 is 0 Å². The maximum absolute atomic E-state index is 12.2. The monoisotopic (exact) mass is 465 g/mol. The molecule has 4 aromatic rings. The Morgan fingerprint density at radius 1 is 1.16 bits per heavy atom. The summed E-state index contributed by atoms with van der Waals surface area (Å²) in [5.74, 6) is 1.52. The maximum atomic E-state index is 12.2. The van der Waals surface area contributed by atoms with Gasteiger partial charge >= 0.3 is 5.63 Å². The molecular formula is C24H23N3O3S2. The Hall–Kier alpha value is -2.42. The van der Waals surface area contributed by atoms with Crippen LogP contribution in [-0.2, 0) is 29.9 Å². The lowest BCUT2D eigenvalue weighted by molar-refractivity contribution is 0.0953. The number of thiophene rings is 1. The van der Waals surface area contributed by atoms with Crippen molar-refractivity contribution in [1.29, 1.82) is 0 Å². The molecule has 1 aromatic carbocycles. The molecule has 0 radical (unpaired) electrons. The largest absolute Gasteiger partial charge is 0.423 e. The van der Waals surface area contributed by atoms with Gasteiger partial charge in [0.15, 0.2) is 11.0 Å². The van der Waals surface area contributed by atoms with Gasteiger partial charge in [0.25, 0.3) is 0 Å². The molecule has 3 aromatic heterocycles. The normalized spacial score (nSPS) is 17.9. The zero-order valence-corrected chi connectivity index (χ0v) is 19.2. The summed E-state index contributed by atoms with van der Waals surface area (Å²) in [6.45, 7) is 1.56. The van der Waals surface area contributed by atoms with Crippen molar-refractivity contribution in [3.63, 3.8) is 0 Å². The van der Waals surface area contributed by atoms with Crippen LogP contribution in [0.4, 0.5) is 0 Å².